The summed E-state index contributed by atoms with van der Waals surface area (Å²) in [5, 5.41) is 1.18. The summed E-state index contributed by atoms with van der Waals surface area (Å²) in [4.78, 5) is 5.70. The molecule has 0 aliphatic heterocycles. The SMILES string of the molecule is CCCc1ccc(OC)c(-c2cnc(C(C)C)s2)c1. The summed E-state index contributed by atoms with van der Waals surface area (Å²) in [7, 11) is 1.72. The van der Waals surface area contributed by atoms with Crippen LogP contribution in [-0.4, -0.2) is 12.1 Å². The molecule has 2 rings (SSSR count). The van der Waals surface area contributed by atoms with Crippen LogP contribution in [0.15, 0.2) is 24.4 Å². The minimum absolute atomic E-state index is 0.476. The Balaban J connectivity index is 2.42. The van der Waals surface area contributed by atoms with E-state index in [1.807, 2.05) is 6.20 Å². The lowest BCUT2D eigenvalue weighted by Crippen LogP contribution is -1.90. The van der Waals surface area contributed by atoms with Gasteiger partial charge in [-0.2, -0.15) is 0 Å². The Morgan fingerprint density at radius 3 is 2.68 bits per heavy atom. The minimum atomic E-state index is 0.476. The number of thiazole rings is 1. The highest BCUT2D eigenvalue weighted by molar-refractivity contribution is 7.15. The van der Waals surface area contributed by atoms with E-state index in [0.29, 0.717) is 5.92 Å². The van der Waals surface area contributed by atoms with Gasteiger partial charge in [0, 0.05) is 17.7 Å². The number of ether oxygens (including phenoxy) is 1. The Bertz CT molecular complexity index is 545. The predicted octanol–water partition coefficient (Wildman–Crippen LogP) is 4.89. The van der Waals surface area contributed by atoms with E-state index in [2.05, 4.69) is 44.0 Å². The number of rotatable bonds is 5. The van der Waals surface area contributed by atoms with Gasteiger partial charge >= 0.3 is 0 Å². The van der Waals surface area contributed by atoms with Gasteiger partial charge in [-0.05, 0) is 24.1 Å². The van der Waals surface area contributed by atoms with E-state index < -0.39 is 0 Å². The van der Waals surface area contributed by atoms with Crippen molar-refractivity contribution in [3.05, 3.63) is 35.0 Å². The van der Waals surface area contributed by atoms with Gasteiger partial charge in [-0.25, -0.2) is 4.98 Å². The zero-order valence-corrected chi connectivity index (χ0v) is 12.9. The van der Waals surface area contributed by atoms with Crippen molar-refractivity contribution < 1.29 is 4.74 Å². The number of hydrogen-bond acceptors (Lipinski definition) is 3. The highest BCUT2D eigenvalue weighted by Crippen LogP contribution is 2.36. The Morgan fingerprint density at radius 1 is 1.32 bits per heavy atom. The fraction of sp³-hybridized carbons (Fsp3) is 0.438. The molecule has 1 aromatic heterocycles. The highest BCUT2D eigenvalue weighted by Gasteiger charge is 2.12. The molecular formula is C16H21NOS. The second-order valence-corrected chi connectivity index (χ2v) is 6.06. The molecule has 102 valence electrons. The second-order valence-electron chi connectivity index (χ2n) is 5.00. The molecule has 0 aliphatic carbocycles. The topological polar surface area (TPSA) is 22.1 Å². The van der Waals surface area contributed by atoms with Crippen molar-refractivity contribution in [2.75, 3.05) is 7.11 Å². The minimum Gasteiger partial charge on any atom is -0.496 e. The van der Waals surface area contributed by atoms with Gasteiger partial charge in [0.05, 0.1) is 17.0 Å². The number of aromatic nitrogens is 1. The molecule has 19 heavy (non-hydrogen) atoms. The lowest BCUT2D eigenvalue weighted by molar-refractivity contribution is 0.416. The first-order valence-electron chi connectivity index (χ1n) is 6.78. The lowest BCUT2D eigenvalue weighted by atomic mass is 10.1. The maximum Gasteiger partial charge on any atom is 0.127 e. The highest BCUT2D eigenvalue weighted by atomic mass is 32.1. The Hall–Kier alpha value is -1.35. The molecule has 3 heteroatoms. The second kappa shape index (κ2) is 6.20. The van der Waals surface area contributed by atoms with Gasteiger partial charge in [-0.15, -0.1) is 11.3 Å². The summed E-state index contributed by atoms with van der Waals surface area (Å²) in [6.07, 6.45) is 4.23. The third kappa shape index (κ3) is 3.16. The Morgan fingerprint density at radius 2 is 2.11 bits per heavy atom. The van der Waals surface area contributed by atoms with E-state index in [1.165, 1.54) is 15.4 Å². The van der Waals surface area contributed by atoms with Crippen molar-refractivity contribution in [3.63, 3.8) is 0 Å². The van der Waals surface area contributed by atoms with E-state index in [9.17, 15) is 0 Å². The molecule has 0 radical (unpaired) electrons. The van der Waals surface area contributed by atoms with E-state index in [1.54, 1.807) is 18.4 Å². The number of hydrogen-bond donors (Lipinski definition) is 0. The molecule has 0 amide bonds. The molecule has 1 heterocycles. The molecule has 0 N–H and O–H groups in total. The summed E-state index contributed by atoms with van der Waals surface area (Å²) in [5.41, 5.74) is 2.52. The standard InChI is InChI=1S/C16H21NOS/c1-5-6-12-7-8-14(18-4)13(9-12)15-10-17-16(19-15)11(2)3/h7-11H,5-6H2,1-4H3. The van der Waals surface area contributed by atoms with Gasteiger partial charge in [-0.3, -0.25) is 0 Å². The smallest absolute Gasteiger partial charge is 0.127 e. The number of aryl methyl sites for hydroxylation is 1. The number of methoxy groups -OCH3 is 1. The molecule has 0 atom stereocenters. The van der Waals surface area contributed by atoms with Crippen molar-refractivity contribution in [3.8, 4) is 16.2 Å². The van der Waals surface area contributed by atoms with Gasteiger partial charge in [-0.1, -0.05) is 33.3 Å². The summed E-state index contributed by atoms with van der Waals surface area (Å²) in [6, 6.07) is 6.45. The average Bonchev–Trinajstić information content (AvgIpc) is 2.88. The van der Waals surface area contributed by atoms with Crippen LogP contribution in [0.5, 0.6) is 5.75 Å². The normalized spacial score (nSPS) is 11.0. The largest absolute Gasteiger partial charge is 0.496 e. The first kappa shape index (κ1) is 14.1. The average molecular weight is 275 g/mol. The monoisotopic (exact) mass is 275 g/mol. The van der Waals surface area contributed by atoms with E-state index in [0.717, 1.165) is 24.2 Å². The Labute approximate surface area is 119 Å². The van der Waals surface area contributed by atoms with Crippen LogP contribution in [0.4, 0.5) is 0 Å². The predicted molar refractivity (Wildman–Crippen MR) is 82.2 cm³/mol. The molecule has 0 bridgehead atoms. The lowest BCUT2D eigenvalue weighted by Gasteiger charge is -2.09. The summed E-state index contributed by atoms with van der Waals surface area (Å²) in [5.74, 6) is 1.40. The number of benzene rings is 1. The van der Waals surface area contributed by atoms with Crippen LogP contribution in [0.3, 0.4) is 0 Å². The first-order valence-corrected chi connectivity index (χ1v) is 7.60. The molecule has 0 spiro atoms. The molecule has 0 saturated carbocycles. The van der Waals surface area contributed by atoms with Crippen LogP contribution in [0, 0.1) is 0 Å². The maximum atomic E-state index is 5.48. The summed E-state index contributed by atoms with van der Waals surface area (Å²) >= 11 is 1.76. The van der Waals surface area contributed by atoms with Gasteiger partial charge in [0.1, 0.15) is 5.75 Å². The number of nitrogens with zero attached hydrogens (tertiary/aromatic N) is 1. The van der Waals surface area contributed by atoms with Crippen molar-refractivity contribution in [2.45, 2.75) is 39.5 Å². The maximum absolute atomic E-state index is 5.48. The fourth-order valence-corrected chi connectivity index (χ4v) is 3.01. The van der Waals surface area contributed by atoms with Gasteiger partial charge in [0.2, 0.25) is 0 Å². The van der Waals surface area contributed by atoms with Gasteiger partial charge in [0.25, 0.3) is 0 Å². The molecule has 1 aromatic carbocycles. The van der Waals surface area contributed by atoms with Crippen LogP contribution in [0.2, 0.25) is 0 Å². The van der Waals surface area contributed by atoms with E-state index in [4.69, 9.17) is 4.74 Å². The zero-order chi connectivity index (χ0) is 13.8. The van der Waals surface area contributed by atoms with Crippen LogP contribution < -0.4 is 4.74 Å². The third-order valence-corrected chi connectivity index (χ3v) is 4.42. The zero-order valence-electron chi connectivity index (χ0n) is 12.1. The Kier molecular flexibility index (Phi) is 4.59. The molecule has 0 fully saturated rings. The molecule has 0 aliphatic rings. The molecule has 2 aromatic rings. The van der Waals surface area contributed by atoms with Crippen LogP contribution in [0.1, 0.15) is 43.7 Å². The van der Waals surface area contributed by atoms with Crippen molar-refractivity contribution in [2.24, 2.45) is 0 Å². The van der Waals surface area contributed by atoms with Crippen molar-refractivity contribution >= 4 is 11.3 Å². The summed E-state index contributed by atoms with van der Waals surface area (Å²) in [6.45, 7) is 6.55. The quantitative estimate of drug-likeness (QED) is 0.774. The van der Waals surface area contributed by atoms with Crippen LogP contribution in [0.25, 0.3) is 10.4 Å². The fourth-order valence-electron chi connectivity index (χ4n) is 2.07. The first-order chi connectivity index (χ1) is 9.15. The van der Waals surface area contributed by atoms with E-state index in [-0.39, 0.29) is 0 Å². The molecule has 0 unspecified atom stereocenters. The third-order valence-electron chi connectivity index (χ3n) is 3.09. The van der Waals surface area contributed by atoms with Gasteiger partial charge in [0.15, 0.2) is 0 Å². The van der Waals surface area contributed by atoms with Gasteiger partial charge < -0.3 is 4.74 Å². The molecule has 0 saturated heterocycles. The summed E-state index contributed by atoms with van der Waals surface area (Å²) < 4.78 is 5.48. The van der Waals surface area contributed by atoms with Crippen LogP contribution >= 0.6 is 11.3 Å². The molecule has 2 nitrogen and oxygen atoms in total. The van der Waals surface area contributed by atoms with E-state index >= 15 is 0 Å². The van der Waals surface area contributed by atoms with Crippen LogP contribution in [-0.2, 0) is 6.42 Å². The molecular weight excluding hydrogens is 254 g/mol. The van der Waals surface area contributed by atoms with Crippen molar-refractivity contribution in [1.82, 2.24) is 4.98 Å². The van der Waals surface area contributed by atoms with Crippen molar-refractivity contribution in [1.29, 1.82) is 0 Å².